The van der Waals surface area contributed by atoms with E-state index in [0.717, 1.165) is 5.56 Å². The van der Waals surface area contributed by atoms with Crippen molar-refractivity contribution >= 4 is 12.0 Å². The van der Waals surface area contributed by atoms with Crippen LogP contribution >= 0.6 is 0 Å². The molecular weight excluding hydrogens is 244 g/mol. The molecule has 1 atom stereocenters. The number of rotatable bonds is 5. The summed E-state index contributed by atoms with van der Waals surface area (Å²) in [6, 6.07) is 9.14. The number of amides is 2. The summed E-state index contributed by atoms with van der Waals surface area (Å²) in [6.07, 6.45) is 0.327. The van der Waals surface area contributed by atoms with E-state index in [9.17, 15) is 9.59 Å². The van der Waals surface area contributed by atoms with Crippen molar-refractivity contribution in [3.05, 3.63) is 35.9 Å². The maximum absolute atomic E-state index is 12.0. The third-order valence-corrected chi connectivity index (χ3v) is 3.17. The zero-order valence-electron chi connectivity index (χ0n) is 11.5. The smallest absolute Gasteiger partial charge is 0.329 e. The Morgan fingerprint density at radius 1 is 1.32 bits per heavy atom. The molecule has 0 aromatic heterocycles. The highest BCUT2D eigenvalue weighted by Gasteiger charge is 2.33. The molecule has 0 spiro atoms. The number of hydrogen-bond donors (Lipinski definition) is 2. The summed E-state index contributed by atoms with van der Waals surface area (Å²) in [5.41, 5.74) is -0.240. The lowest BCUT2D eigenvalue weighted by Gasteiger charge is -2.28. The van der Waals surface area contributed by atoms with Gasteiger partial charge in [0.1, 0.15) is 5.54 Å². The van der Waals surface area contributed by atoms with Gasteiger partial charge in [-0.25, -0.2) is 9.59 Å². The minimum Gasteiger partial charge on any atom is -0.480 e. The number of nitrogens with one attached hydrogen (secondary N) is 1. The van der Waals surface area contributed by atoms with Crippen LogP contribution in [0.2, 0.25) is 0 Å². The van der Waals surface area contributed by atoms with Crippen molar-refractivity contribution in [1.29, 1.82) is 0 Å². The Balaban J connectivity index is 2.65. The van der Waals surface area contributed by atoms with E-state index in [2.05, 4.69) is 5.32 Å². The number of aliphatic carboxylic acids is 1. The SMILES string of the molecule is CCC(C)(NC(=O)N(C)Cc1ccccc1)C(=O)O. The number of nitrogens with zero attached hydrogens (tertiary/aromatic N) is 1. The molecule has 2 N–H and O–H groups in total. The van der Waals surface area contributed by atoms with Gasteiger partial charge in [0.25, 0.3) is 0 Å². The van der Waals surface area contributed by atoms with Crippen molar-refractivity contribution in [3.8, 4) is 0 Å². The Kier molecular flexibility index (Phi) is 4.92. The first-order chi connectivity index (χ1) is 8.89. The molecule has 0 bridgehead atoms. The molecule has 1 unspecified atom stereocenters. The van der Waals surface area contributed by atoms with Crippen LogP contribution in [0.4, 0.5) is 4.79 Å². The quantitative estimate of drug-likeness (QED) is 0.855. The van der Waals surface area contributed by atoms with Crippen LogP contribution in [0.15, 0.2) is 30.3 Å². The second kappa shape index (κ2) is 6.22. The fraction of sp³-hybridized carbons (Fsp3) is 0.429. The predicted molar refractivity (Wildman–Crippen MR) is 72.8 cm³/mol. The van der Waals surface area contributed by atoms with Crippen LogP contribution in [0.5, 0.6) is 0 Å². The highest BCUT2D eigenvalue weighted by molar-refractivity contribution is 5.85. The van der Waals surface area contributed by atoms with Gasteiger partial charge >= 0.3 is 12.0 Å². The average molecular weight is 264 g/mol. The van der Waals surface area contributed by atoms with E-state index >= 15 is 0 Å². The molecule has 0 heterocycles. The number of carbonyl (C=O) groups is 2. The van der Waals surface area contributed by atoms with Gasteiger partial charge in [0.05, 0.1) is 0 Å². The molecule has 0 saturated carbocycles. The molecular formula is C14H20N2O3. The first-order valence-corrected chi connectivity index (χ1v) is 6.19. The Morgan fingerprint density at radius 2 is 1.89 bits per heavy atom. The highest BCUT2D eigenvalue weighted by atomic mass is 16.4. The van der Waals surface area contributed by atoms with E-state index in [1.807, 2.05) is 30.3 Å². The van der Waals surface area contributed by atoms with E-state index < -0.39 is 17.5 Å². The molecule has 19 heavy (non-hydrogen) atoms. The molecule has 2 amide bonds. The number of urea groups is 1. The fourth-order valence-electron chi connectivity index (χ4n) is 1.55. The molecule has 0 aliphatic rings. The van der Waals surface area contributed by atoms with Crippen LogP contribution < -0.4 is 5.32 Å². The zero-order chi connectivity index (χ0) is 14.5. The largest absolute Gasteiger partial charge is 0.480 e. The lowest BCUT2D eigenvalue weighted by molar-refractivity contribution is -0.143. The van der Waals surface area contributed by atoms with Crippen molar-refractivity contribution in [3.63, 3.8) is 0 Å². The number of hydrogen-bond acceptors (Lipinski definition) is 2. The van der Waals surface area contributed by atoms with Crippen molar-refractivity contribution < 1.29 is 14.7 Å². The Morgan fingerprint density at radius 3 is 2.37 bits per heavy atom. The van der Waals surface area contributed by atoms with Gasteiger partial charge in [-0.1, -0.05) is 37.3 Å². The second-order valence-electron chi connectivity index (χ2n) is 4.76. The van der Waals surface area contributed by atoms with E-state index in [1.165, 1.54) is 11.8 Å². The van der Waals surface area contributed by atoms with Gasteiger partial charge in [0.2, 0.25) is 0 Å². The van der Waals surface area contributed by atoms with Crippen LogP contribution in [0.1, 0.15) is 25.8 Å². The molecule has 0 saturated heterocycles. The maximum atomic E-state index is 12.0. The van der Waals surface area contributed by atoms with Gasteiger partial charge in [0, 0.05) is 13.6 Å². The summed E-state index contributed by atoms with van der Waals surface area (Å²) >= 11 is 0. The predicted octanol–water partition coefficient (Wildman–Crippen LogP) is 2.08. The Hall–Kier alpha value is -2.04. The molecule has 1 rings (SSSR count). The van der Waals surface area contributed by atoms with Crippen LogP contribution in [0, 0.1) is 0 Å². The third kappa shape index (κ3) is 3.98. The minimum atomic E-state index is -1.23. The van der Waals surface area contributed by atoms with Gasteiger partial charge in [-0.2, -0.15) is 0 Å². The first-order valence-electron chi connectivity index (χ1n) is 6.19. The monoisotopic (exact) mass is 264 g/mol. The summed E-state index contributed by atoms with van der Waals surface area (Å²) in [4.78, 5) is 24.6. The van der Waals surface area contributed by atoms with Crippen molar-refractivity contribution in [2.75, 3.05) is 7.05 Å². The lowest BCUT2D eigenvalue weighted by Crippen LogP contribution is -2.54. The fourth-order valence-corrected chi connectivity index (χ4v) is 1.55. The van der Waals surface area contributed by atoms with E-state index in [4.69, 9.17) is 5.11 Å². The van der Waals surface area contributed by atoms with E-state index in [-0.39, 0.29) is 0 Å². The van der Waals surface area contributed by atoms with Crippen LogP contribution in [0.25, 0.3) is 0 Å². The van der Waals surface area contributed by atoms with Gasteiger partial charge in [-0.05, 0) is 18.9 Å². The normalized spacial score (nSPS) is 13.4. The molecule has 0 fully saturated rings. The van der Waals surface area contributed by atoms with Crippen molar-refractivity contribution in [2.24, 2.45) is 0 Å². The van der Waals surface area contributed by atoms with Gasteiger partial charge in [0.15, 0.2) is 0 Å². The number of carboxylic acids is 1. The van der Waals surface area contributed by atoms with Gasteiger partial charge in [-0.15, -0.1) is 0 Å². The first kappa shape index (κ1) is 15.0. The topological polar surface area (TPSA) is 69.6 Å². The van der Waals surface area contributed by atoms with Crippen molar-refractivity contribution in [1.82, 2.24) is 10.2 Å². The Bertz CT molecular complexity index is 447. The summed E-state index contributed by atoms with van der Waals surface area (Å²) in [7, 11) is 1.64. The molecule has 0 radical (unpaired) electrons. The molecule has 5 nitrogen and oxygen atoms in total. The summed E-state index contributed by atoms with van der Waals surface area (Å²) in [5, 5.41) is 11.7. The molecule has 104 valence electrons. The second-order valence-corrected chi connectivity index (χ2v) is 4.76. The molecule has 1 aromatic rings. The van der Waals surface area contributed by atoms with E-state index in [1.54, 1.807) is 14.0 Å². The number of benzene rings is 1. The van der Waals surface area contributed by atoms with Crippen LogP contribution in [-0.2, 0) is 11.3 Å². The van der Waals surface area contributed by atoms with Gasteiger partial charge in [-0.3, -0.25) is 0 Å². The van der Waals surface area contributed by atoms with Gasteiger partial charge < -0.3 is 15.3 Å². The molecule has 0 aliphatic carbocycles. The number of carboxylic acid groups (broad SMARTS) is 1. The summed E-state index contributed by atoms with van der Waals surface area (Å²) in [6.45, 7) is 3.67. The molecule has 5 heteroatoms. The maximum Gasteiger partial charge on any atom is 0.329 e. The highest BCUT2D eigenvalue weighted by Crippen LogP contribution is 2.11. The molecule has 1 aromatic carbocycles. The van der Waals surface area contributed by atoms with E-state index in [0.29, 0.717) is 13.0 Å². The zero-order valence-corrected chi connectivity index (χ0v) is 11.5. The molecule has 0 aliphatic heterocycles. The van der Waals surface area contributed by atoms with Crippen molar-refractivity contribution in [2.45, 2.75) is 32.4 Å². The Labute approximate surface area is 113 Å². The third-order valence-electron chi connectivity index (χ3n) is 3.17. The minimum absolute atomic E-state index is 0.327. The summed E-state index contributed by atoms with van der Waals surface area (Å²) in [5.74, 6) is -1.03. The number of carbonyl (C=O) groups excluding carboxylic acids is 1. The standard InChI is InChI=1S/C14H20N2O3/c1-4-14(2,12(17)18)15-13(19)16(3)10-11-8-6-5-7-9-11/h5-9H,4,10H2,1-3H3,(H,15,19)(H,17,18). The lowest BCUT2D eigenvalue weighted by atomic mass is 10.00. The summed E-state index contributed by atoms with van der Waals surface area (Å²) < 4.78 is 0. The average Bonchev–Trinajstić information content (AvgIpc) is 2.39. The van der Waals surface area contributed by atoms with Crippen LogP contribution in [0.3, 0.4) is 0 Å². The van der Waals surface area contributed by atoms with Crippen LogP contribution in [-0.4, -0.2) is 34.6 Å².